The normalized spacial score (nSPS) is 22.0. The molecule has 2 amide bonds. The van der Waals surface area contributed by atoms with Gasteiger partial charge < -0.3 is 19.8 Å². The third-order valence-electron chi connectivity index (χ3n) is 3.54. The van der Waals surface area contributed by atoms with E-state index in [-0.39, 0.29) is 6.03 Å². The van der Waals surface area contributed by atoms with E-state index in [1.807, 2.05) is 0 Å². The summed E-state index contributed by atoms with van der Waals surface area (Å²) < 4.78 is 4.82. The van der Waals surface area contributed by atoms with Crippen LogP contribution in [0.3, 0.4) is 0 Å². The molecule has 1 saturated heterocycles. The zero-order valence-corrected chi connectivity index (χ0v) is 11.5. The molecule has 1 fully saturated rings. The molecule has 0 saturated carbocycles. The quantitative estimate of drug-likeness (QED) is 0.835. The summed E-state index contributed by atoms with van der Waals surface area (Å²) in [5.74, 6) is 0.0217. The maximum absolute atomic E-state index is 12.0. The van der Waals surface area contributed by atoms with Crippen LogP contribution in [0.15, 0.2) is 4.52 Å². The number of urea groups is 1. The minimum absolute atomic E-state index is 0.337. The van der Waals surface area contributed by atoms with Crippen LogP contribution in [0.1, 0.15) is 31.5 Å². The summed E-state index contributed by atoms with van der Waals surface area (Å²) in [6, 6.07) is -0.368. The highest BCUT2D eigenvalue weighted by atomic mass is 16.5. The second kappa shape index (κ2) is 5.48. The van der Waals surface area contributed by atoms with E-state index in [1.54, 1.807) is 13.8 Å². The molecule has 0 radical (unpaired) electrons. The minimum atomic E-state index is -1.12. The molecule has 8 nitrogen and oxygen atoms in total. The second-order valence-electron chi connectivity index (χ2n) is 5.05. The number of aliphatic carboxylic acids is 1. The van der Waals surface area contributed by atoms with Crippen molar-refractivity contribution in [2.45, 2.75) is 38.6 Å². The number of carbonyl (C=O) groups excluding carboxylic acids is 1. The first-order valence-corrected chi connectivity index (χ1v) is 6.51. The van der Waals surface area contributed by atoms with Crippen LogP contribution in [0.4, 0.5) is 4.79 Å². The average Bonchev–Trinajstić information content (AvgIpc) is 2.96. The third kappa shape index (κ3) is 2.73. The van der Waals surface area contributed by atoms with E-state index < -0.39 is 11.5 Å². The fraction of sp³-hybridized carbons (Fsp3) is 0.667. The smallest absolute Gasteiger partial charge is 0.329 e. The number of hydrogen-bond donors (Lipinski definition) is 2. The molecular formula is C12H18N4O4. The van der Waals surface area contributed by atoms with Gasteiger partial charge in [0.05, 0.1) is 0 Å². The Hall–Kier alpha value is -2.12. The number of nitrogens with one attached hydrogen (secondary N) is 1. The highest BCUT2D eigenvalue weighted by Gasteiger charge is 2.45. The standard InChI is InChI=1S/C12H18N4O4/c1-8-14-9(15-20-8)4-6-13-11(19)16-7-3-5-12(16,2)10(17)18/h3-7H2,1-2H3,(H,13,19)(H,17,18). The Morgan fingerprint density at radius 2 is 2.30 bits per heavy atom. The van der Waals surface area contributed by atoms with Crippen LogP contribution in [0.25, 0.3) is 0 Å². The molecule has 0 spiro atoms. The van der Waals surface area contributed by atoms with E-state index in [0.717, 1.165) is 0 Å². The number of amides is 2. The summed E-state index contributed by atoms with van der Waals surface area (Å²) in [7, 11) is 0. The molecule has 1 unspecified atom stereocenters. The lowest BCUT2D eigenvalue weighted by molar-refractivity contribution is -0.147. The number of aromatic nitrogens is 2. The van der Waals surface area contributed by atoms with Crippen molar-refractivity contribution in [3.8, 4) is 0 Å². The number of carboxylic acids is 1. The minimum Gasteiger partial charge on any atom is -0.480 e. The molecule has 8 heteroatoms. The van der Waals surface area contributed by atoms with E-state index in [1.165, 1.54) is 4.90 Å². The molecule has 2 N–H and O–H groups in total. The lowest BCUT2D eigenvalue weighted by Crippen LogP contribution is -2.54. The van der Waals surface area contributed by atoms with Gasteiger partial charge in [-0.3, -0.25) is 0 Å². The zero-order valence-electron chi connectivity index (χ0n) is 11.5. The second-order valence-corrected chi connectivity index (χ2v) is 5.05. The number of nitrogens with zero attached hydrogens (tertiary/aromatic N) is 3. The highest BCUT2D eigenvalue weighted by molar-refractivity contribution is 5.86. The van der Waals surface area contributed by atoms with E-state index in [2.05, 4.69) is 15.5 Å². The Morgan fingerprint density at radius 1 is 1.55 bits per heavy atom. The van der Waals surface area contributed by atoms with Crippen LogP contribution in [0.5, 0.6) is 0 Å². The molecule has 2 heterocycles. The average molecular weight is 282 g/mol. The number of rotatable bonds is 4. The molecule has 1 aliphatic heterocycles. The van der Waals surface area contributed by atoms with E-state index in [9.17, 15) is 14.7 Å². The van der Waals surface area contributed by atoms with E-state index in [4.69, 9.17) is 4.52 Å². The van der Waals surface area contributed by atoms with Crippen LogP contribution < -0.4 is 5.32 Å². The Balaban J connectivity index is 1.87. The topological polar surface area (TPSA) is 109 Å². The van der Waals surface area contributed by atoms with Gasteiger partial charge in [0, 0.05) is 26.4 Å². The van der Waals surface area contributed by atoms with Crippen molar-refractivity contribution < 1.29 is 19.2 Å². The summed E-state index contributed by atoms with van der Waals surface area (Å²) in [6.07, 6.45) is 1.61. The Labute approximate surface area is 116 Å². The third-order valence-corrected chi connectivity index (χ3v) is 3.54. The van der Waals surface area contributed by atoms with Crippen molar-refractivity contribution in [3.63, 3.8) is 0 Å². The molecule has 1 aliphatic rings. The van der Waals surface area contributed by atoms with Crippen molar-refractivity contribution in [1.29, 1.82) is 0 Å². The highest BCUT2D eigenvalue weighted by Crippen LogP contribution is 2.29. The first kappa shape index (κ1) is 14.3. The zero-order chi connectivity index (χ0) is 14.8. The van der Waals surface area contributed by atoms with Crippen molar-refractivity contribution in [3.05, 3.63) is 11.7 Å². The molecule has 2 rings (SSSR count). The van der Waals surface area contributed by atoms with Crippen molar-refractivity contribution in [2.24, 2.45) is 0 Å². The van der Waals surface area contributed by atoms with Crippen molar-refractivity contribution in [2.75, 3.05) is 13.1 Å². The maximum Gasteiger partial charge on any atom is 0.329 e. The predicted molar refractivity (Wildman–Crippen MR) is 68.1 cm³/mol. The van der Waals surface area contributed by atoms with Crippen LogP contribution in [0, 0.1) is 6.92 Å². The van der Waals surface area contributed by atoms with Gasteiger partial charge in [0.1, 0.15) is 5.54 Å². The molecule has 1 aromatic rings. The van der Waals surface area contributed by atoms with Gasteiger partial charge in [-0.2, -0.15) is 4.98 Å². The van der Waals surface area contributed by atoms with E-state index >= 15 is 0 Å². The number of aryl methyl sites for hydroxylation is 1. The number of carbonyl (C=O) groups is 2. The fourth-order valence-electron chi connectivity index (χ4n) is 2.33. The van der Waals surface area contributed by atoms with Crippen molar-refractivity contribution in [1.82, 2.24) is 20.4 Å². The van der Waals surface area contributed by atoms with Gasteiger partial charge in [0.15, 0.2) is 5.82 Å². The van der Waals surface area contributed by atoms with E-state index in [0.29, 0.717) is 44.1 Å². The van der Waals surface area contributed by atoms with Crippen molar-refractivity contribution >= 4 is 12.0 Å². The summed E-state index contributed by atoms with van der Waals surface area (Å²) in [4.78, 5) is 28.7. The first-order chi connectivity index (χ1) is 9.43. The molecule has 0 aromatic carbocycles. The Bertz CT molecular complexity index is 515. The first-order valence-electron chi connectivity index (χ1n) is 6.51. The SMILES string of the molecule is Cc1nc(CCNC(=O)N2CCCC2(C)C(=O)O)no1. The Kier molecular flexibility index (Phi) is 3.91. The lowest BCUT2D eigenvalue weighted by atomic mass is 10.00. The maximum atomic E-state index is 12.0. The Morgan fingerprint density at radius 3 is 2.90 bits per heavy atom. The molecule has 1 atom stereocenters. The molecule has 0 aliphatic carbocycles. The summed E-state index contributed by atoms with van der Waals surface area (Å²) >= 11 is 0. The van der Waals surface area contributed by atoms with Gasteiger partial charge in [-0.25, -0.2) is 9.59 Å². The van der Waals surface area contributed by atoms with Crippen LogP contribution in [-0.2, 0) is 11.2 Å². The molecule has 0 bridgehead atoms. The van der Waals surface area contributed by atoms with Gasteiger partial charge in [-0.05, 0) is 19.8 Å². The largest absolute Gasteiger partial charge is 0.480 e. The van der Waals surface area contributed by atoms with Crippen LogP contribution >= 0.6 is 0 Å². The van der Waals surface area contributed by atoms with Crippen LogP contribution in [0.2, 0.25) is 0 Å². The monoisotopic (exact) mass is 282 g/mol. The lowest BCUT2D eigenvalue weighted by Gasteiger charge is -2.31. The van der Waals surface area contributed by atoms with Crippen LogP contribution in [-0.4, -0.2) is 50.8 Å². The fourth-order valence-corrected chi connectivity index (χ4v) is 2.33. The number of hydrogen-bond acceptors (Lipinski definition) is 5. The molecule has 110 valence electrons. The number of carboxylic acid groups (broad SMARTS) is 1. The molecular weight excluding hydrogens is 264 g/mol. The predicted octanol–water partition coefficient (Wildman–Crippen LogP) is 0.569. The summed E-state index contributed by atoms with van der Waals surface area (Å²) in [6.45, 7) is 4.06. The molecule has 20 heavy (non-hydrogen) atoms. The molecule has 1 aromatic heterocycles. The van der Waals surface area contributed by atoms with Gasteiger partial charge in [0.2, 0.25) is 5.89 Å². The van der Waals surface area contributed by atoms with Gasteiger partial charge >= 0.3 is 12.0 Å². The van der Waals surface area contributed by atoms with Gasteiger partial charge in [-0.15, -0.1) is 0 Å². The van der Waals surface area contributed by atoms with Gasteiger partial charge in [0.25, 0.3) is 0 Å². The number of likely N-dealkylation sites (tertiary alicyclic amines) is 1. The van der Waals surface area contributed by atoms with Gasteiger partial charge in [-0.1, -0.05) is 5.16 Å². The summed E-state index contributed by atoms with van der Waals surface area (Å²) in [5, 5.41) is 15.7. The summed E-state index contributed by atoms with van der Waals surface area (Å²) in [5.41, 5.74) is -1.12.